The summed E-state index contributed by atoms with van der Waals surface area (Å²) in [5.74, 6) is 0.0788. The fraction of sp³-hybridized carbons (Fsp3) is 0.917. The van der Waals surface area contributed by atoms with E-state index in [1.807, 2.05) is 13.8 Å². The molecule has 0 aromatic carbocycles. The summed E-state index contributed by atoms with van der Waals surface area (Å²) in [5, 5.41) is 2.80. The molecular weight excluding hydrogens is 218 g/mol. The molecule has 0 aromatic heterocycles. The van der Waals surface area contributed by atoms with Crippen LogP contribution in [0, 0.1) is 0 Å². The van der Waals surface area contributed by atoms with Crippen molar-refractivity contribution in [2.45, 2.75) is 33.3 Å². The smallest absolute Gasteiger partial charge is 0.234 e. The molecular formula is C12H27N3O2. The Kier molecular flexibility index (Phi) is 10.1. The minimum atomic E-state index is 0.0788. The Bertz CT molecular complexity index is 200. The molecule has 0 aliphatic carbocycles. The number of ether oxygens (including phenoxy) is 1. The molecule has 1 amide bonds. The highest BCUT2D eigenvalue weighted by molar-refractivity contribution is 5.77. The van der Waals surface area contributed by atoms with Gasteiger partial charge in [-0.3, -0.25) is 9.69 Å². The van der Waals surface area contributed by atoms with Gasteiger partial charge in [-0.15, -0.1) is 0 Å². The Hall–Kier alpha value is -0.650. The molecule has 1 atom stereocenters. The third-order valence-corrected chi connectivity index (χ3v) is 2.62. The molecule has 0 aliphatic heterocycles. The summed E-state index contributed by atoms with van der Waals surface area (Å²) in [5.41, 5.74) is 5.61. The number of hydrogen-bond acceptors (Lipinski definition) is 4. The van der Waals surface area contributed by atoms with Gasteiger partial charge in [-0.05, 0) is 26.8 Å². The van der Waals surface area contributed by atoms with Crippen LogP contribution in [0.15, 0.2) is 0 Å². The maximum Gasteiger partial charge on any atom is 0.234 e. The molecule has 1 unspecified atom stereocenters. The zero-order valence-corrected chi connectivity index (χ0v) is 11.4. The molecule has 0 fully saturated rings. The second-order valence-electron chi connectivity index (χ2n) is 3.92. The number of rotatable bonds is 10. The maximum absolute atomic E-state index is 11.4. The molecule has 0 aromatic rings. The van der Waals surface area contributed by atoms with E-state index in [2.05, 4.69) is 17.1 Å². The van der Waals surface area contributed by atoms with E-state index in [-0.39, 0.29) is 12.0 Å². The average molecular weight is 245 g/mol. The van der Waals surface area contributed by atoms with E-state index in [0.717, 1.165) is 19.5 Å². The highest BCUT2D eigenvalue weighted by Gasteiger charge is 2.11. The summed E-state index contributed by atoms with van der Waals surface area (Å²) < 4.78 is 5.49. The van der Waals surface area contributed by atoms with E-state index in [4.69, 9.17) is 10.5 Å². The molecule has 5 heteroatoms. The van der Waals surface area contributed by atoms with Gasteiger partial charge in [-0.1, -0.05) is 6.92 Å². The van der Waals surface area contributed by atoms with Crippen molar-refractivity contribution < 1.29 is 9.53 Å². The largest absolute Gasteiger partial charge is 0.377 e. The number of amides is 1. The van der Waals surface area contributed by atoms with Crippen LogP contribution in [0.4, 0.5) is 0 Å². The first-order valence-electron chi connectivity index (χ1n) is 6.48. The minimum Gasteiger partial charge on any atom is -0.377 e. The first-order valence-corrected chi connectivity index (χ1v) is 6.48. The highest BCUT2D eigenvalue weighted by Crippen LogP contribution is 2.00. The van der Waals surface area contributed by atoms with Crippen LogP contribution in [0.25, 0.3) is 0 Å². The van der Waals surface area contributed by atoms with Crippen molar-refractivity contribution in [3.8, 4) is 0 Å². The molecule has 17 heavy (non-hydrogen) atoms. The molecule has 0 saturated carbocycles. The third-order valence-electron chi connectivity index (χ3n) is 2.62. The fourth-order valence-corrected chi connectivity index (χ4v) is 1.64. The van der Waals surface area contributed by atoms with Gasteiger partial charge in [0.2, 0.25) is 5.91 Å². The molecule has 102 valence electrons. The van der Waals surface area contributed by atoms with Crippen LogP contribution < -0.4 is 11.1 Å². The van der Waals surface area contributed by atoms with Crippen molar-refractivity contribution in [3.05, 3.63) is 0 Å². The molecule has 3 N–H and O–H groups in total. The third kappa shape index (κ3) is 8.12. The summed E-state index contributed by atoms with van der Waals surface area (Å²) in [6.45, 7) is 10.0. The molecule has 0 saturated heterocycles. The van der Waals surface area contributed by atoms with Gasteiger partial charge in [-0.25, -0.2) is 0 Å². The van der Waals surface area contributed by atoms with Gasteiger partial charge in [0, 0.05) is 26.2 Å². The number of nitrogens with zero attached hydrogens (tertiary/aromatic N) is 1. The lowest BCUT2D eigenvalue weighted by Gasteiger charge is -2.22. The number of likely N-dealkylation sites (N-methyl/N-ethyl adjacent to an activating group) is 2. The quantitative estimate of drug-likeness (QED) is 0.577. The molecule has 0 radical (unpaired) electrons. The first kappa shape index (κ1) is 16.4. The van der Waals surface area contributed by atoms with E-state index in [9.17, 15) is 4.79 Å². The summed E-state index contributed by atoms with van der Waals surface area (Å²) in [7, 11) is 0. The number of hydrogen-bond donors (Lipinski definition) is 2. The Morgan fingerprint density at radius 1 is 1.41 bits per heavy atom. The van der Waals surface area contributed by atoms with Crippen molar-refractivity contribution in [1.29, 1.82) is 0 Å². The first-order chi connectivity index (χ1) is 8.17. The normalized spacial score (nSPS) is 12.8. The predicted octanol–water partition coefficient (Wildman–Crippen LogP) is 0.198. The van der Waals surface area contributed by atoms with E-state index < -0.39 is 0 Å². The van der Waals surface area contributed by atoms with Gasteiger partial charge >= 0.3 is 0 Å². The van der Waals surface area contributed by atoms with E-state index in [1.54, 1.807) is 0 Å². The summed E-state index contributed by atoms with van der Waals surface area (Å²) in [4.78, 5) is 13.5. The van der Waals surface area contributed by atoms with Crippen molar-refractivity contribution >= 4 is 5.91 Å². The number of carbonyl (C=O) groups is 1. The van der Waals surface area contributed by atoms with Gasteiger partial charge in [0.15, 0.2) is 0 Å². The van der Waals surface area contributed by atoms with Crippen LogP contribution in [-0.2, 0) is 9.53 Å². The standard InChI is InChI=1S/C12H27N3O2/c1-4-14-12(16)10-15(5-2)8-7-11(9-13)17-6-3/h11H,4-10,13H2,1-3H3,(H,14,16). The van der Waals surface area contributed by atoms with Crippen LogP contribution in [0.1, 0.15) is 27.2 Å². The summed E-state index contributed by atoms with van der Waals surface area (Å²) >= 11 is 0. The zero-order chi connectivity index (χ0) is 13.1. The summed E-state index contributed by atoms with van der Waals surface area (Å²) in [6.07, 6.45) is 0.973. The van der Waals surface area contributed by atoms with Crippen molar-refractivity contribution in [3.63, 3.8) is 0 Å². The Morgan fingerprint density at radius 2 is 2.12 bits per heavy atom. The average Bonchev–Trinajstić information content (AvgIpc) is 2.32. The highest BCUT2D eigenvalue weighted by atomic mass is 16.5. The Morgan fingerprint density at radius 3 is 2.59 bits per heavy atom. The van der Waals surface area contributed by atoms with Gasteiger partial charge < -0.3 is 15.8 Å². The molecule has 5 nitrogen and oxygen atoms in total. The predicted molar refractivity (Wildman–Crippen MR) is 69.9 cm³/mol. The Labute approximate surface area is 105 Å². The number of nitrogens with one attached hydrogen (secondary N) is 1. The molecule has 0 heterocycles. The minimum absolute atomic E-state index is 0.0788. The lowest BCUT2D eigenvalue weighted by Crippen LogP contribution is -2.39. The monoisotopic (exact) mass is 245 g/mol. The van der Waals surface area contributed by atoms with Crippen LogP contribution in [0.2, 0.25) is 0 Å². The summed E-state index contributed by atoms with van der Waals surface area (Å²) in [6, 6.07) is 0. The van der Waals surface area contributed by atoms with Crippen LogP contribution in [-0.4, -0.2) is 56.2 Å². The van der Waals surface area contributed by atoms with Gasteiger partial charge in [0.25, 0.3) is 0 Å². The topological polar surface area (TPSA) is 67.6 Å². The van der Waals surface area contributed by atoms with Crippen LogP contribution >= 0.6 is 0 Å². The molecule has 0 aliphatic rings. The van der Waals surface area contributed by atoms with E-state index in [0.29, 0.717) is 26.2 Å². The van der Waals surface area contributed by atoms with Gasteiger partial charge in [-0.2, -0.15) is 0 Å². The van der Waals surface area contributed by atoms with Crippen LogP contribution in [0.3, 0.4) is 0 Å². The van der Waals surface area contributed by atoms with Crippen LogP contribution in [0.5, 0.6) is 0 Å². The molecule has 0 spiro atoms. The van der Waals surface area contributed by atoms with Crippen molar-refractivity contribution in [2.75, 3.05) is 39.3 Å². The SMILES string of the molecule is CCNC(=O)CN(CC)CCC(CN)OCC. The Balaban J connectivity index is 3.91. The molecule has 0 rings (SSSR count). The van der Waals surface area contributed by atoms with E-state index >= 15 is 0 Å². The maximum atomic E-state index is 11.4. The van der Waals surface area contributed by atoms with Crippen molar-refractivity contribution in [1.82, 2.24) is 10.2 Å². The molecule has 0 bridgehead atoms. The van der Waals surface area contributed by atoms with Gasteiger partial charge in [0.05, 0.1) is 12.6 Å². The lowest BCUT2D eigenvalue weighted by molar-refractivity contribution is -0.122. The second-order valence-corrected chi connectivity index (χ2v) is 3.92. The van der Waals surface area contributed by atoms with E-state index in [1.165, 1.54) is 0 Å². The van der Waals surface area contributed by atoms with Crippen molar-refractivity contribution in [2.24, 2.45) is 5.73 Å². The van der Waals surface area contributed by atoms with Gasteiger partial charge in [0.1, 0.15) is 0 Å². The zero-order valence-electron chi connectivity index (χ0n) is 11.4. The number of carbonyl (C=O) groups excluding carboxylic acids is 1. The fourth-order valence-electron chi connectivity index (χ4n) is 1.64. The second kappa shape index (κ2) is 10.5. The lowest BCUT2D eigenvalue weighted by atomic mass is 10.2. The number of nitrogens with two attached hydrogens (primary N) is 1.